The molecule has 0 aromatic heterocycles. The van der Waals surface area contributed by atoms with E-state index in [-0.39, 0.29) is 24.9 Å². The largest absolute Gasteiger partial charge is 0.394 e. The van der Waals surface area contributed by atoms with Gasteiger partial charge in [-0.3, -0.25) is 0 Å². The molecular formula is C21H25NO2. The Morgan fingerprint density at radius 3 is 2.71 bits per heavy atom. The number of aryl methyl sites for hydroxylation is 1. The van der Waals surface area contributed by atoms with Gasteiger partial charge in [0.15, 0.2) is 0 Å². The molecule has 0 saturated carbocycles. The van der Waals surface area contributed by atoms with Crippen molar-refractivity contribution in [1.29, 1.82) is 0 Å². The Balaban J connectivity index is 1.76. The highest BCUT2D eigenvalue weighted by molar-refractivity contribution is 5.58. The molecule has 0 unspecified atom stereocenters. The number of nitrogens with one attached hydrogen (secondary N) is 1. The second-order valence-corrected chi connectivity index (χ2v) is 6.91. The summed E-state index contributed by atoms with van der Waals surface area (Å²) in [6.07, 6.45) is 3.03. The van der Waals surface area contributed by atoms with Gasteiger partial charge in [0.05, 0.1) is 24.9 Å². The van der Waals surface area contributed by atoms with E-state index in [1.807, 2.05) is 0 Å². The standard InChI is InChI=1S/C21H25NO2/c1-2-14-8-11-19-18(12-14)21-17(10-9-16(13-23)24-21)20(22-19)15-6-4-3-5-7-15/h3-8,11-12,16-17,20-23H,2,9-10,13H2,1H3/t16-,17+,20+,21+/m0/s1. The molecule has 2 aliphatic heterocycles. The molecule has 0 amide bonds. The van der Waals surface area contributed by atoms with E-state index < -0.39 is 0 Å². The second kappa shape index (κ2) is 6.58. The van der Waals surface area contributed by atoms with Crippen LogP contribution < -0.4 is 5.32 Å². The van der Waals surface area contributed by atoms with Gasteiger partial charge in [0, 0.05) is 17.2 Å². The average molecular weight is 323 g/mol. The van der Waals surface area contributed by atoms with Gasteiger partial charge in [-0.25, -0.2) is 0 Å². The molecule has 1 saturated heterocycles. The Hall–Kier alpha value is -1.84. The lowest BCUT2D eigenvalue weighted by atomic mass is 9.76. The minimum Gasteiger partial charge on any atom is -0.394 e. The van der Waals surface area contributed by atoms with E-state index in [9.17, 15) is 5.11 Å². The summed E-state index contributed by atoms with van der Waals surface area (Å²) in [6.45, 7) is 2.29. The lowest BCUT2D eigenvalue weighted by molar-refractivity contribution is -0.110. The molecule has 0 aliphatic carbocycles. The van der Waals surface area contributed by atoms with Crippen LogP contribution in [0.2, 0.25) is 0 Å². The van der Waals surface area contributed by atoms with Crippen LogP contribution in [0.5, 0.6) is 0 Å². The first-order valence-electron chi connectivity index (χ1n) is 9.00. The van der Waals surface area contributed by atoms with Crippen molar-refractivity contribution >= 4 is 5.69 Å². The normalized spacial score (nSPS) is 28.6. The fraction of sp³-hybridized carbons (Fsp3) is 0.429. The highest BCUT2D eigenvalue weighted by Crippen LogP contribution is 2.50. The Morgan fingerprint density at radius 1 is 1.12 bits per heavy atom. The molecule has 2 aromatic carbocycles. The van der Waals surface area contributed by atoms with Crippen LogP contribution in [0.25, 0.3) is 0 Å². The van der Waals surface area contributed by atoms with E-state index in [4.69, 9.17) is 4.74 Å². The Bertz CT molecular complexity index is 700. The lowest BCUT2D eigenvalue weighted by Crippen LogP contribution is -2.40. The maximum absolute atomic E-state index is 9.57. The molecule has 3 nitrogen and oxygen atoms in total. The molecule has 4 rings (SSSR count). The smallest absolute Gasteiger partial charge is 0.0900 e. The predicted molar refractivity (Wildman–Crippen MR) is 96.0 cm³/mol. The van der Waals surface area contributed by atoms with Crippen LogP contribution in [0, 0.1) is 5.92 Å². The highest BCUT2D eigenvalue weighted by Gasteiger charge is 2.42. The van der Waals surface area contributed by atoms with E-state index in [0.717, 1.165) is 19.3 Å². The number of benzene rings is 2. The number of aliphatic hydroxyl groups excluding tert-OH is 1. The first-order valence-corrected chi connectivity index (χ1v) is 9.00. The third kappa shape index (κ3) is 2.72. The summed E-state index contributed by atoms with van der Waals surface area (Å²) in [5.41, 5.74) is 5.07. The molecule has 126 valence electrons. The Morgan fingerprint density at radius 2 is 1.96 bits per heavy atom. The first-order chi connectivity index (χ1) is 11.8. The zero-order chi connectivity index (χ0) is 16.5. The van der Waals surface area contributed by atoms with E-state index in [1.165, 1.54) is 22.4 Å². The van der Waals surface area contributed by atoms with Crippen LogP contribution in [0.15, 0.2) is 48.5 Å². The van der Waals surface area contributed by atoms with Crippen molar-refractivity contribution in [3.8, 4) is 0 Å². The highest BCUT2D eigenvalue weighted by atomic mass is 16.5. The quantitative estimate of drug-likeness (QED) is 0.887. The first kappa shape index (κ1) is 15.7. The van der Waals surface area contributed by atoms with Crippen LogP contribution in [0.1, 0.15) is 48.6 Å². The van der Waals surface area contributed by atoms with Crippen molar-refractivity contribution in [1.82, 2.24) is 0 Å². The Kier molecular flexibility index (Phi) is 4.30. The van der Waals surface area contributed by atoms with Gasteiger partial charge in [-0.05, 0) is 36.5 Å². The van der Waals surface area contributed by atoms with Gasteiger partial charge < -0.3 is 15.2 Å². The van der Waals surface area contributed by atoms with Crippen molar-refractivity contribution in [3.05, 3.63) is 65.2 Å². The van der Waals surface area contributed by atoms with E-state index in [0.29, 0.717) is 5.92 Å². The molecule has 0 radical (unpaired) electrons. The molecule has 0 spiro atoms. The summed E-state index contributed by atoms with van der Waals surface area (Å²) in [4.78, 5) is 0. The number of hydrogen-bond donors (Lipinski definition) is 2. The summed E-state index contributed by atoms with van der Waals surface area (Å²) in [6, 6.07) is 17.6. The molecule has 1 fully saturated rings. The molecule has 4 atom stereocenters. The summed E-state index contributed by atoms with van der Waals surface area (Å²) in [5.74, 6) is 0.398. The molecule has 2 aliphatic rings. The molecule has 24 heavy (non-hydrogen) atoms. The second-order valence-electron chi connectivity index (χ2n) is 6.91. The zero-order valence-corrected chi connectivity index (χ0v) is 14.1. The molecule has 2 N–H and O–H groups in total. The predicted octanol–water partition coefficient (Wildman–Crippen LogP) is 4.24. The SMILES string of the molecule is CCc1ccc2c(c1)[C@@H]1O[C@H](CO)CC[C@@H]1[C@@H](c1ccccc1)N2. The van der Waals surface area contributed by atoms with Crippen LogP contribution >= 0.6 is 0 Å². The van der Waals surface area contributed by atoms with Gasteiger partial charge in [-0.2, -0.15) is 0 Å². The fourth-order valence-corrected chi connectivity index (χ4v) is 4.15. The summed E-state index contributed by atoms with van der Waals surface area (Å²) < 4.78 is 6.33. The molecule has 2 aromatic rings. The number of ether oxygens (including phenoxy) is 1. The van der Waals surface area contributed by atoms with Gasteiger partial charge in [0.1, 0.15) is 0 Å². The lowest BCUT2D eigenvalue weighted by Gasteiger charge is -2.45. The van der Waals surface area contributed by atoms with Crippen LogP contribution in [0.4, 0.5) is 5.69 Å². The van der Waals surface area contributed by atoms with Crippen LogP contribution in [0.3, 0.4) is 0 Å². The van der Waals surface area contributed by atoms with E-state index in [2.05, 4.69) is 60.8 Å². The van der Waals surface area contributed by atoms with Crippen molar-refractivity contribution < 1.29 is 9.84 Å². The third-order valence-corrected chi connectivity index (χ3v) is 5.48. The molecular weight excluding hydrogens is 298 g/mol. The van der Waals surface area contributed by atoms with Crippen molar-refractivity contribution in [2.24, 2.45) is 5.92 Å². The fourth-order valence-electron chi connectivity index (χ4n) is 4.15. The van der Waals surface area contributed by atoms with E-state index in [1.54, 1.807) is 0 Å². The minimum atomic E-state index is -0.0427. The summed E-state index contributed by atoms with van der Waals surface area (Å²) in [5, 5.41) is 13.3. The summed E-state index contributed by atoms with van der Waals surface area (Å²) >= 11 is 0. The van der Waals surface area contributed by atoms with Crippen molar-refractivity contribution in [2.75, 3.05) is 11.9 Å². The van der Waals surface area contributed by atoms with Gasteiger partial charge in [0.25, 0.3) is 0 Å². The van der Waals surface area contributed by atoms with Crippen molar-refractivity contribution in [2.45, 2.75) is 44.4 Å². The monoisotopic (exact) mass is 323 g/mol. The average Bonchev–Trinajstić information content (AvgIpc) is 2.67. The van der Waals surface area contributed by atoms with Gasteiger partial charge in [-0.1, -0.05) is 49.4 Å². The topological polar surface area (TPSA) is 41.5 Å². The third-order valence-electron chi connectivity index (χ3n) is 5.48. The van der Waals surface area contributed by atoms with Gasteiger partial charge >= 0.3 is 0 Å². The van der Waals surface area contributed by atoms with Crippen LogP contribution in [-0.2, 0) is 11.2 Å². The maximum Gasteiger partial charge on any atom is 0.0900 e. The van der Waals surface area contributed by atoms with Gasteiger partial charge in [0.2, 0.25) is 0 Å². The number of rotatable bonds is 3. The maximum atomic E-state index is 9.57. The van der Waals surface area contributed by atoms with Crippen LogP contribution in [-0.4, -0.2) is 17.8 Å². The summed E-state index contributed by atoms with van der Waals surface area (Å²) in [7, 11) is 0. The number of hydrogen-bond acceptors (Lipinski definition) is 3. The number of aliphatic hydroxyl groups is 1. The minimum absolute atomic E-state index is 0.0427. The number of anilines is 1. The molecule has 3 heteroatoms. The Labute approximate surface area is 143 Å². The molecule has 0 bridgehead atoms. The van der Waals surface area contributed by atoms with Gasteiger partial charge in [-0.15, -0.1) is 0 Å². The van der Waals surface area contributed by atoms with Crippen molar-refractivity contribution in [3.63, 3.8) is 0 Å². The van der Waals surface area contributed by atoms with E-state index >= 15 is 0 Å². The zero-order valence-electron chi connectivity index (χ0n) is 14.1. The molecule has 2 heterocycles. The number of fused-ring (bicyclic) bond motifs is 3.